The second-order valence-corrected chi connectivity index (χ2v) is 4.51. The molecule has 0 radical (unpaired) electrons. The van der Waals surface area contributed by atoms with Gasteiger partial charge in [-0.05, 0) is 25.0 Å². The number of halogens is 3. The van der Waals surface area contributed by atoms with Crippen LogP contribution in [0.4, 0.5) is 13.2 Å². The minimum atomic E-state index is -4.47. The summed E-state index contributed by atoms with van der Waals surface area (Å²) in [5.74, 6) is -2.64. The van der Waals surface area contributed by atoms with Crippen LogP contribution in [0.15, 0.2) is 18.3 Å². The average molecular weight is 288 g/mol. The van der Waals surface area contributed by atoms with Crippen molar-refractivity contribution in [2.45, 2.75) is 31.6 Å². The molecule has 1 saturated carbocycles. The minimum Gasteiger partial charge on any atom is -0.474 e. The SMILES string of the molecule is O=C(O)C(=O)N(Cc1ccc(C(F)(F)F)cn1)C1CC1. The van der Waals surface area contributed by atoms with E-state index in [4.69, 9.17) is 5.11 Å². The predicted molar refractivity (Wildman–Crippen MR) is 60.4 cm³/mol. The van der Waals surface area contributed by atoms with Crippen LogP contribution in [0.2, 0.25) is 0 Å². The number of rotatable bonds is 3. The van der Waals surface area contributed by atoms with Gasteiger partial charge in [-0.3, -0.25) is 9.78 Å². The molecule has 0 saturated heterocycles. The Kier molecular flexibility index (Phi) is 3.65. The monoisotopic (exact) mass is 288 g/mol. The summed E-state index contributed by atoms with van der Waals surface area (Å²) < 4.78 is 37.1. The number of pyridine rings is 1. The number of alkyl halides is 3. The molecule has 1 heterocycles. The van der Waals surface area contributed by atoms with Crippen molar-refractivity contribution in [2.24, 2.45) is 0 Å². The standard InChI is InChI=1S/C12H11F3N2O3/c13-12(14,15)7-1-2-8(16-5-7)6-17(9-3-4-9)10(18)11(19)20/h1-2,5,9H,3-4,6H2,(H,19,20). The zero-order valence-corrected chi connectivity index (χ0v) is 10.2. The van der Waals surface area contributed by atoms with Crippen molar-refractivity contribution in [3.63, 3.8) is 0 Å². The molecule has 1 aliphatic carbocycles. The predicted octanol–water partition coefficient (Wildman–Crippen LogP) is 1.68. The Bertz CT molecular complexity index is 524. The summed E-state index contributed by atoms with van der Waals surface area (Å²) in [6, 6.07) is 1.84. The van der Waals surface area contributed by atoms with Crippen LogP contribution in [0.1, 0.15) is 24.1 Å². The molecule has 0 atom stereocenters. The first kappa shape index (κ1) is 14.3. The second-order valence-electron chi connectivity index (χ2n) is 4.51. The maximum Gasteiger partial charge on any atom is 0.417 e. The van der Waals surface area contributed by atoms with Crippen molar-refractivity contribution >= 4 is 11.9 Å². The largest absolute Gasteiger partial charge is 0.474 e. The van der Waals surface area contributed by atoms with E-state index in [1.807, 2.05) is 0 Å². The Balaban J connectivity index is 2.11. The Morgan fingerprint density at radius 3 is 2.40 bits per heavy atom. The molecule has 108 valence electrons. The van der Waals surface area contributed by atoms with E-state index in [2.05, 4.69) is 4.98 Å². The summed E-state index contributed by atoms with van der Waals surface area (Å²) in [5.41, 5.74) is -0.664. The molecule has 0 bridgehead atoms. The Labute approximate surface area is 112 Å². The normalized spacial score (nSPS) is 14.9. The number of carbonyl (C=O) groups excluding carboxylic acids is 1. The van der Waals surface area contributed by atoms with Gasteiger partial charge in [0.2, 0.25) is 0 Å². The number of nitrogens with zero attached hydrogens (tertiary/aromatic N) is 2. The van der Waals surface area contributed by atoms with Crippen LogP contribution in [0.25, 0.3) is 0 Å². The van der Waals surface area contributed by atoms with E-state index in [1.165, 1.54) is 0 Å². The van der Waals surface area contributed by atoms with E-state index in [0.717, 1.165) is 17.0 Å². The zero-order chi connectivity index (χ0) is 14.9. The average Bonchev–Trinajstić information content (AvgIpc) is 3.18. The molecule has 1 aromatic heterocycles. The molecule has 2 rings (SSSR count). The number of hydrogen-bond acceptors (Lipinski definition) is 3. The molecule has 5 nitrogen and oxygen atoms in total. The highest BCUT2D eigenvalue weighted by atomic mass is 19.4. The molecule has 0 spiro atoms. The number of aromatic nitrogens is 1. The van der Waals surface area contributed by atoms with Crippen LogP contribution in [0.5, 0.6) is 0 Å². The highest BCUT2D eigenvalue weighted by Gasteiger charge is 2.36. The topological polar surface area (TPSA) is 70.5 Å². The van der Waals surface area contributed by atoms with Gasteiger partial charge in [0.05, 0.1) is 17.8 Å². The lowest BCUT2D eigenvalue weighted by atomic mass is 10.2. The van der Waals surface area contributed by atoms with Crippen molar-refractivity contribution in [2.75, 3.05) is 0 Å². The Morgan fingerprint density at radius 2 is 2.00 bits per heavy atom. The molecular formula is C12H11F3N2O3. The number of carboxylic acids is 1. The van der Waals surface area contributed by atoms with Crippen LogP contribution in [-0.2, 0) is 22.3 Å². The number of carboxylic acid groups (broad SMARTS) is 1. The first-order chi connectivity index (χ1) is 9.29. The number of hydrogen-bond donors (Lipinski definition) is 1. The first-order valence-corrected chi connectivity index (χ1v) is 5.85. The van der Waals surface area contributed by atoms with E-state index >= 15 is 0 Å². The van der Waals surface area contributed by atoms with Crippen LogP contribution in [-0.4, -0.2) is 32.9 Å². The van der Waals surface area contributed by atoms with Crippen molar-refractivity contribution in [1.29, 1.82) is 0 Å². The number of carbonyl (C=O) groups is 2. The number of amides is 1. The van der Waals surface area contributed by atoms with Crippen molar-refractivity contribution in [3.05, 3.63) is 29.6 Å². The highest BCUT2D eigenvalue weighted by molar-refractivity contribution is 6.31. The van der Waals surface area contributed by atoms with Gasteiger partial charge < -0.3 is 10.0 Å². The van der Waals surface area contributed by atoms with Gasteiger partial charge >= 0.3 is 18.1 Å². The Hall–Kier alpha value is -2.12. The summed E-state index contributed by atoms with van der Waals surface area (Å²) >= 11 is 0. The van der Waals surface area contributed by atoms with Crippen LogP contribution < -0.4 is 0 Å². The minimum absolute atomic E-state index is 0.103. The summed E-state index contributed by atoms with van der Waals surface area (Å²) in [5, 5.41) is 8.70. The quantitative estimate of drug-likeness (QED) is 0.859. The van der Waals surface area contributed by atoms with Crippen molar-refractivity contribution < 1.29 is 27.9 Å². The molecule has 8 heteroatoms. The summed E-state index contributed by atoms with van der Waals surface area (Å²) in [4.78, 5) is 26.9. The van der Waals surface area contributed by atoms with Gasteiger partial charge in [-0.2, -0.15) is 13.2 Å². The third-order valence-electron chi connectivity index (χ3n) is 2.92. The maximum absolute atomic E-state index is 12.4. The fourth-order valence-electron chi connectivity index (χ4n) is 1.74. The lowest BCUT2D eigenvalue weighted by Crippen LogP contribution is -2.37. The fourth-order valence-corrected chi connectivity index (χ4v) is 1.74. The first-order valence-electron chi connectivity index (χ1n) is 5.85. The van der Waals surface area contributed by atoms with Gasteiger partial charge in [-0.15, -0.1) is 0 Å². The van der Waals surface area contributed by atoms with Crippen LogP contribution >= 0.6 is 0 Å². The van der Waals surface area contributed by atoms with Crippen LogP contribution in [0, 0.1) is 0 Å². The van der Waals surface area contributed by atoms with Gasteiger partial charge in [0.25, 0.3) is 0 Å². The molecule has 1 aliphatic rings. The summed E-state index contributed by atoms with van der Waals surface area (Å²) in [6.45, 7) is -0.103. The Morgan fingerprint density at radius 1 is 1.35 bits per heavy atom. The van der Waals surface area contributed by atoms with Crippen molar-refractivity contribution in [3.8, 4) is 0 Å². The van der Waals surface area contributed by atoms with E-state index in [9.17, 15) is 22.8 Å². The molecular weight excluding hydrogens is 277 g/mol. The van der Waals surface area contributed by atoms with E-state index in [0.29, 0.717) is 19.0 Å². The van der Waals surface area contributed by atoms with E-state index in [-0.39, 0.29) is 18.3 Å². The molecule has 0 unspecified atom stereocenters. The highest BCUT2D eigenvalue weighted by Crippen LogP contribution is 2.30. The van der Waals surface area contributed by atoms with Gasteiger partial charge in [-0.1, -0.05) is 0 Å². The smallest absolute Gasteiger partial charge is 0.417 e. The lowest BCUT2D eigenvalue weighted by molar-refractivity contribution is -0.156. The fraction of sp³-hybridized carbons (Fsp3) is 0.417. The van der Waals surface area contributed by atoms with E-state index < -0.39 is 23.6 Å². The lowest BCUT2D eigenvalue weighted by Gasteiger charge is -2.19. The van der Waals surface area contributed by atoms with Crippen LogP contribution in [0.3, 0.4) is 0 Å². The molecule has 20 heavy (non-hydrogen) atoms. The second kappa shape index (κ2) is 5.10. The van der Waals surface area contributed by atoms with Gasteiger partial charge in [0.1, 0.15) is 0 Å². The molecule has 0 aliphatic heterocycles. The molecule has 1 N–H and O–H groups in total. The van der Waals surface area contributed by atoms with Gasteiger partial charge in [0.15, 0.2) is 0 Å². The molecule has 1 amide bonds. The van der Waals surface area contributed by atoms with E-state index in [1.54, 1.807) is 0 Å². The molecule has 1 aromatic rings. The zero-order valence-electron chi connectivity index (χ0n) is 10.2. The van der Waals surface area contributed by atoms with Gasteiger partial charge in [-0.25, -0.2) is 4.79 Å². The van der Waals surface area contributed by atoms with Crippen molar-refractivity contribution in [1.82, 2.24) is 9.88 Å². The molecule has 0 aromatic carbocycles. The molecule has 1 fully saturated rings. The summed E-state index contributed by atoms with van der Waals surface area (Å²) in [6.07, 6.45) is -2.41. The number of aliphatic carboxylic acids is 1. The third kappa shape index (κ3) is 3.25. The van der Waals surface area contributed by atoms with Gasteiger partial charge in [0, 0.05) is 12.2 Å². The third-order valence-corrected chi connectivity index (χ3v) is 2.92. The maximum atomic E-state index is 12.4. The summed E-state index contributed by atoms with van der Waals surface area (Å²) in [7, 11) is 0.